The first-order chi connectivity index (χ1) is 6.84. The summed E-state index contributed by atoms with van der Waals surface area (Å²) < 4.78 is 5.60. The molecule has 0 N–H and O–H groups in total. The fraction of sp³-hybridized carbons (Fsp3) is 0.0833. The molecule has 0 aliphatic carbocycles. The van der Waals surface area contributed by atoms with Crippen molar-refractivity contribution in [2.75, 3.05) is 0 Å². The van der Waals surface area contributed by atoms with Crippen LogP contribution in [0.2, 0.25) is 0 Å². The van der Waals surface area contributed by atoms with E-state index in [0.717, 1.165) is 16.4 Å². The van der Waals surface area contributed by atoms with Crippen LogP contribution < -0.4 is 0 Å². The van der Waals surface area contributed by atoms with Crippen LogP contribution >= 0.6 is 0 Å². The van der Waals surface area contributed by atoms with Gasteiger partial charge in [-0.05, 0) is 31.2 Å². The number of pyridine rings is 1. The van der Waals surface area contributed by atoms with Crippen molar-refractivity contribution in [3.05, 3.63) is 42.1 Å². The average molecular weight is 183 g/mol. The van der Waals surface area contributed by atoms with Gasteiger partial charge in [-0.2, -0.15) is 0 Å². The topological polar surface area (TPSA) is 26.0 Å². The van der Waals surface area contributed by atoms with Gasteiger partial charge < -0.3 is 4.42 Å². The quantitative estimate of drug-likeness (QED) is 0.534. The van der Waals surface area contributed by atoms with E-state index in [1.165, 1.54) is 5.56 Å². The molecule has 0 radical (unpaired) electrons. The van der Waals surface area contributed by atoms with Gasteiger partial charge in [-0.15, -0.1) is 0 Å². The van der Waals surface area contributed by atoms with Crippen molar-refractivity contribution in [3.8, 4) is 0 Å². The molecule has 0 unspecified atom stereocenters. The summed E-state index contributed by atoms with van der Waals surface area (Å²) in [7, 11) is 0. The van der Waals surface area contributed by atoms with Gasteiger partial charge in [0.15, 0.2) is 0 Å². The number of aromatic nitrogens is 1. The highest BCUT2D eigenvalue weighted by Crippen LogP contribution is 2.27. The number of nitrogens with zero attached hydrogens (tertiary/aromatic N) is 1. The van der Waals surface area contributed by atoms with Gasteiger partial charge in [0.25, 0.3) is 0 Å². The summed E-state index contributed by atoms with van der Waals surface area (Å²) in [5.41, 5.74) is 2.86. The van der Waals surface area contributed by atoms with E-state index in [1.807, 2.05) is 24.3 Å². The third-order valence-electron chi connectivity index (χ3n) is 2.40. The molecule has 0 bridgehead atoms. The SMILES string of the molecule is Cc1ccc2oc3ncccc3c2c1. The van der Waals surface area contributed by atoms with E-state index in [2.05, 4.69) is 18.0 Å². The lowest BCUT2D eigenvalue weighted by Gasteiger charge is -1.90. The Labute approximate surface area is 81.2 Å². The molecule has 0 amide bonds. The zero-order valence-corrected chi connectivity index (χ0v) is 7.82. The molecule has 2 aromatic heterocycles. The second kappa shape index (κ2) is 2.58. The number of benzene rings is 1. The van der Waals surface area contributed by atoms with E-state index in [0.29, 0.717) is 5.71 Å². The molecular weight excluding hydrogens is 174 g/mol. The van der Waals surface area contributed by atoms with Crippen LogP contribution in [-0.2, 0) is 0 Å². The number of hydrogen-bond donors (Lipinski definition) is 0. The molecule has 14 heavy (non-hydrogen) atoms. The van der Waals surface area contributed by atoms with Crippen molar-refractivity contribution < 1.29 is 4.42 Å². The predicted molar refractivity (Wildman–Crippen MR) is 56.3 cm³/mol. The summed E-state index contributed by atoms with van der Waals surface area (Å²) in [4.78, 5) is 4.18. The van der Waals surface area contributed by atoms with Crippen LogP contribution in [0.3, 0.4) is 0 Å². The molecule has 2 heterocycles. The highest BCUT2D eigenvalue weighted by atomic mass is 16.3. The van der Waals surface area contributed by atoms with Gasteiger partial charge in [0.2, 0.25) is 5.71 Å². The summed E-state index contributed by atoms with van der Waals surface area (Å²) in [5.74, 6) is 0. The molecule has 0 atom stereocenters. The normalized spacial score (nSPS) is 11.2. The van der Waals surface area contributed by atoms with Gasteiger partial charge in [0, 0.05) is 17.0 Å². The van der Waals surface area contributed by atoms with Crippen molar-refractivity contribution >= 4 is 22.1 Å². The number of aryl methyl sites for hydroxylation is 1. The maximum absolute atomic E-state index is 5.60. The molecule has 0 fully saturated rings. The van der Waals surface area contributed by atoms with E-state index in [4.69, 9.17) is 4.42 Å². The lowest BCUT2D eigenvalue weighted by Crippen LogP contribution is -1.71. The Balaban J connectivity index is 2.58. The smallest absolute Gasteiger partial charge is 0.227 e. The molecule has 3 rings (SSSR count). The molecule has 0 saturated heterocycles. The summed E-state index contributed by atoms with van der Waals surface area (Å²) >= 11 is 0. The minimum Gasteiger partial charge on any atom is -0.438 e. The van der Waals surface area contributed by atoms with Crippen molar-refractivity contribution in [1.29, 1.82) is 0 Å². The first kappa shape index (κ1) is 7.56. The van der Waals surface area contributed by atoms with Crippen molar-refractivity contribution in [2.24, 2.45) is 0 Å². The van der Waals surface area contributed by atoms with Crippen LogP contribution in [0.25, 0.3) is 22.1 Å². The molecule has 68 valence electrons. The Morgan fingerprint density at radius 1 is 1.14 bits per heavy atom. The van der Waals surface area contributed by atoms with Crippen LogP contribution in [-0.4, -0.2) is 4.98 Å². The predicted octanol–water partition coefficient (Wildman–Crippen LogP) is 3.29. The van der Waals surface area contributed by atoms with Gasteiger partial charge in [-0.25, -0.2) is 4.98 Å². The number of hydrogen-bond acceptors (Lipinski definition) is 2. The lowest BCUT2D eigenvalue weighted by molar-refractivity contribution is 0.654. The molecule has 2 nitrogen and oxygen atoms in total. The standard InChI is InChI=1S/C12H9NO/c1-8-4-5-11-10(7-8)9-3-2-6-13-12(9)14-11/h2-7H,1H3. The molecule has 0 aliphatic rings. The molecule has 1 aromatic carbocycles. The molecule has 0 spiro atoms. The summed E-state index contributed by atoms with van der Waals surface area (Å²) in [6.07, 6.45) is 1.75. The van der Waals surface area contributed by atoms with Crippen LogP contribution in [0.4, 0.5) is 0 Å². The van der Waals surface area contributed by atoms with E-state index in [1.54, 1.807) is 6.20 Å². The Bertz CT molecular complexity index is 610. The van der Waals surface area contributed by atoms with Gasteiger partial charge >= 0.3 is 0 Å². The van der Waals surface area contributed by atoms with Crippen LogP contribution in [0.15, 0.2) is 40.9 Å². The number of rotatable bonds is 0. The minimum atomic E-state index is 0.716. The second-order valence-electron chi connectivity index (χ2n) is 3.46. The first-order valence-electron chi connectivity index (χ1n) is 4.58. The highest BCUT2D eigenvalue weighted by Gasteiger charge is 2.05. The largest absolute Gasteiger partial charge is 0.438 e. The summed E-state index contributed by atoms with van der Waals surface area (Å²) in [5, 5.41) is 2.24. The van der Waals surface area contributed by atoms with Crippen LogP contribution in [0.1, 0.15) is 5.56 Å². The van der Waals surface area contributed by atoms with Gasteiger partial charge in [-0.3, -0.25) is 0 Å². The minimum absolute atomic E-state index is 0.716. The van der Waals surface area contributed by atoms with E-state index >= 15 is 0 Å². The third-order valence-corrected chi connectivity index (χ3v) is 2.40. The average Bonchev–Trinajstić information content (AvgIpc) is 2.56. The molecule has 0 saturated carbocycles. The first-order valence-corrected chi connectivity index (χ1v) is 4.58. The zero-order chi connectivity index (χ0) is 9.54. The summed E-state index contributed by atoms with van der Waals surface area (Å²) in [6.45, 7) is 2.08. The van der Waals surface area contributed by atoms with Crippen LogP contribution in [0.5, 0.6) is 0 Å². The van der Waals surface area contributed by atoms with Gasteiger partial charge in [0.1, 0.15) is 5.58 Å². The maximum Gasteiger partial charge on any atom is 0.227 e. The lowest BCUT2D eigenvalue weighted by atomic mass is 10.1. The van der Waals surface area contributed by atoms with E-state index < -0.39 is 0 Å². The summed E-state index contributed by atoms with van der Waals surface area (Å²) in [6, 6.07) is 10.1. The fourth-order valence-electron chi connectivity index (χ4n) is 1.72. The zero-order valence-electron chi connectivity index (χ0n) is 7.82. The monoisotopic (exact) mass is 183 g/mol. The maximum atomic E-state index is 5.60. The molecule has 3 aromatic rings. The van der Waals surface area contributed by atoms with Crippen molar-refractivity contribution in [3.63, 3.8) is 0 Å². The van der Waals surface area contributed by atoms with Crippen LogP contribution in [0, 0.1) is 6.92 Å². The van der Waals surface area contributed by atoms with Gasteiger partial charge in [0.05, 0.1) is 0 Å². The Morgan fingerprint density at radius 2 is 2.07 bits per heavy atom. The van der Waals surface area contributed by atoms with Crippen molar-refractivity contribution in [2.45, 2.75) is 6.92 Å². The number of furan rings is 1. The van der Waals surface area contributed by atoms with E-state index in [-0.39, 0.29) is 0 Å². The Hall–Kier alpha value is -1.83. The number of fused-ring (bicyclic) bond motifs is 3. The third kappa shape index (κ3) is 0.940. The van der Waals surface area contributed by atoms with E-state index in [9.17, 15) is 0 Å². The molecular formula is C12H9NO. The van der Waals surface area contributed by atoms with Crippen molar-refractivity contribution in [1.82, 2.24) is 4.98 Å². The molecule has 0 aliphatic heterocycles. The Morgan fingerprint density at radius 3 is 3.00 bits per heavy atom. The second-order valence-corrected chi connectivity index (χ2v) is 3.46. The highest BCUT2D eigenvalue weighted by molar-refractivity contribution is 6.03. The van der Waals surface area contributed by atoms with Gasteiger partial charge in [-0.1, -0.05) is 11.6 Å². The Kier molecular flexibility index (Phi) is 1.39. The fourth-order valence-corrected chi connectivity index (χ4v) is 1.72. The molecule has 2 heteroatoms.